The third-order valence-corrected chi connectivity index (χ3v) is 4.70. The molecule has 0 unspecified atom stereocenters. The third-order valence-electron chi connectivity index (χ3n) is 4.70. The van der Waals surface area contributed by atoms with Gasteiger partial charge >= 0.3 is 18.0 Å². The zero-order valence-electron chi connectivity index (χ0n) is 18.8. The van der Waals surface area contributed by atoms with Crippen LogP contribution in [0, 0.1) is 0 Å². The van der Waals surface area contributed by atoms with Gasteiger partial charge in [0.1, 0.15) is 24.9 Å². The predicted octanol–water partition coefficient (Wildman–Crippen LogP) is 1.68. The number of rotatable bonds is 7. The summed E-state index contributed by atoms with van der Waals surface area (Å²) in [5, 5.41) is 5.05. The maximum absolute atomic E-state index is 13.0. The van der Waals surface area contributed by atoms with Gasteiger partial charge in [-0.2, -0.15) is 0 Å². The highest BCUT2D eigenvalue weighted by Gasteiger charge is 2.50. The Hall–Kier alpha value is -3.66. The molecule has 10 heteroatoms. The van der Waals surface area contributed by atoms with Crippen LogP contribution < -0.4 is 5.32 Å². The molecule has 0 aliphatic carbocycles. The summed E-state index contributed by atoms with van der Waals surface area (Å²) in [7, 11) is 0. The first-order valence-electron chi connectivity index (χ1n) is 10.4. The number of amides is 2. The van der Waals surface area contributed by atoms with E-state index in [1.165, 1.54) is 11.1 Å². The lowest BCUT2D eigenvalue weighted by Crippen LogP contribution is -2.45. The number of hydrazine groups is 1. The molecule has 33 heavy (non-hydrogen) atoms. The van der Waals surface area contributed by atoms with Crippen LogP contribution in [0.15, 0.2) is 54.3 Å². The van der Waals surface area contributed by atoms with Gasteiger partial charge in [0.25, 0.3) is 5.91 Å². The maximum Gasteiger partial charge on any atom is 0.408 e. The van der Waals surface area contributed by atoms with Gasteiger partial charge in [-0.1, -0.05) is 43.0 Å². The summed E-state index contributed by atoms with van der Waals surface area (Å²) in [6, 6.07) is 8.11. The molecule has 0 saturated carbocycles. The molecule has 0 radical (unpaired) electrons. The third kappa shape index (κ3) is 5.78. The normalized spacial score (nSPS) is 18.1. The Morgan fingerprint density at radius 2 is 1.85 bits per heavy atom. The van der Waals surface area contributed by atoms with E-state index in [0.717, 1.165) is 10.6 Å². The number of hydrogen-bond donors (Lipinski definition) is 1. The first-order valence-corrected chi connectivity index (χ1v) is 10.4. The molecule has 2 aliphatic heterocycles. The number of benzene rings is 1. The lowest BCUT2D eigenvalue weighted by molar-refractivity contribution is -0.146. The number of carbonyl (C=O) groups is 4. The van der Waals surface area contributed by atoms with Crippen molar-refractivity contribution in [2.24, 2.45) is 0 Å². The lowest BCUT2D eigenvalue weighted by Gasteiger charge is -2.21. The Morgan fingerprint density at radius 1 is 1.15 bits per heavy atom. The molecular formula is C23H27N3O7. The van der Waals surface area contributed by atoms with Crippen LogP contribution in [0.1, 0.15) is 26.3 Å². The van der Waals surface area contributed by atoms with Crippen LogP contribution in [0.4, 0.5) is 4.79 Å². The monoisotopic (exact) mass is 457 g/mol. The number of ether oxygens (including phenoxy) is 3. The topological polar surface area (TPSA) is 114 Å². The molecule has 2 aliphatic rings. The van der Waals surface area contributed by atoms with E-state index >= 15 is 0 Å². The van der Waals surface area contributed by atoms with Crippen LogP contribution in [0.3, 0.4) is 0 Å². The highest BCUT2D eigenvalue weighted by Crippen LogP contribution is 2.31. The van der Waals surface area contributed by atoms with Gasteiger partial charge in [-0.25, -0.2) is 24.4 Å². The van der Waals surface area contributed by atoms with Crippen molar-refractivity contribution in [2.45, 2.75) is 39.0 Å². The molecule has 3 rings (SSSR count). The highest BCUT2D eigenvalue weighted by molar-refractivity contribution is 6.05. The molecule has 10 nitrogen and oxygen atoms in total. The maximum atomic E-state index is 13.0. The van der Waals surface area contributed by atoms with Crippen molar-refractivity contribution in [3.63, 3.8) is 0 Å². The van der Waals surface area contributed by atoms with E-state index in [1.54, 1.807) is 32.9 Å². The molecule has 0 bridgehead atoms. The second-order valence-electron chi connectivity index (χ2n) is 8.47. The number of carbonyl (C=O) groups excluding carboxylic acids is 4. The molecule has 2 amide bonds. The Balaban J connectivity index is 1.78. The van der Waals surface area contributed by atoms with E-state index in [0.29, 0.717) is 0 Å². The summed E-state index contributed by atoms with van der Waals surface area (Å²) < 4.78 is 15.7. The average molecular weight is 457 g/mol. The Morgan fingerprint density at radius 3 is 2.48 bits per heavy atom. The minimum Gasteiger partial charge on any atom is -0.457 e. The van der Waals surface area contributed by atoms with Gasteiger partial charge < -0.3 is 19.5 Å². The fourth-order valence-corrected chi connectivity index (χ4v) is 3.37. The Bertz CT molecular complexity index is 982. The SMILES string of the molecule is C=CCOC(=O)C1=C(C(=O)OCc2ccccc2)CN2C[C@@H](NC(=O)OC(C)(C)C)C(=O)N12. The van der Waals surface area contributed by atoms with E-state index in [9.17, 15) is 19.2 Å². The number of alkyl carbamates (subject to hydrolysis) is 1. The van der Waals surface area contributed by atoms with E-state index in [1.807, 2.05) is 18.2 Å². The summed E-state index contributed by atoms with van der Waals surface area (Å²) in [5.74, 6) is -2.18. The quantitative estimate of drug-likeness (QED) is 0.374. The van der Waals surface area contributed by atoms with Crippen LogP contribution in [0.25, 0.3) is 0 Å². The molecule has 2 heterocycles. The highest BCUT2D eigenvalue weighted by atomic mass is 16.6. The Labute approximate surface area is 191 Å². The molecule has 1 saturated heterocycles. The number of nitrogens with one attached hydrogen (secondary N) is 1. The van der Waals surface area contributed by atoms with Gasteiger partial charge in [0.15, 0.2) is 5.70 Å². The molecule has 1 fully saturated rings. The standard InChI is InChI=1S/C23H27N3O7/c1-5-11-31-21(29)18-16(20(28)32-14-15-9-7-6-8-10-15)12-25-13-17(19(27)26(18)25)24-22(30)33-23(2,3)4/h5-10,17H,1,11-14H2,2-4H3,(H,24,30)/t17-/m1/s1. The van der Waals surface area contributed by atoms with Crippen LogP contribution in [-0.2, 0) is 35.2 Å². The predicted molar refractivity (Wildman–Crippen MR) is 116 cm³/mol. The molecule has 0 spiro atoms. The van der Waals surface area contributed by atoms with Gasteiger partial charge in [-0.05, 0) is 26.3 Å². The van der Waals surface area contributed by atoms with Crippen molar-refractivity contribution in [2.75, 3.05) is 19.7 Å². The van der Waals surface area contributed by atoms with Gasteiger partial charge in [0.2, 0.25) is 0 Å². The Kier molecular flexibility index (Phi) is 7.17. The second-order valence-corrected chi connectivity index (χ2v) is 8.47. The molecule has 176 valence electrons. The number of hydrogen-bond acceptors (Lipinski definition) is 8. The van der Waals surface area contributed by atoms with Gasteiger partial charge in [0, 0.05) is 6.54 Å². The first-order chi connectivity index (χ1) is 15.6. The smallest absolute Gasteiger partial charge is 0.408 e. The zero-order chi connectivity index (χ0) is 24.2. The van der Waals surface area contributed by atoms with Gasteiger partial charge in [0.05, 0.1) is 12.1 Å². The molecular weight excluding hydrogens is 430 g/mol. The second kappa shape index (κ2) is 9.86. The van der Waals surface area contributed by atoms with Crippen molar-refractivity contribution in [3.8, 4) is 0 Å². The summed E-state index contributed by atoms with van der Waals surface area (Å²) in [6.45, 7) is 8.51. The minimum absolute atomic E-state index is 0.00376. The number of fused-ring (bicyclic) bond motifs is 1. The van der Waals surface area contributed by atoms with E-state index in [-0.39, 0.29) is 37.6 Å². The van der Waals surface area contributed by atoms with Gasteiger partial charge in [-0.3, -0.25) is 4.79 Å². The summed E-state index contributed by atoms with van der Waals surface area (Å²) in [4.78, 5) is 50.7. The molecule has 0 aromatic heterocycles. The average Bonchev–Trinajstić information content (AvgIpc) is 3.26. The lowest BCUT2D eigenvalue weighted by atomic mass is 10.1. The molecule has 1 atom stereocenters. The van der Waals surface area contributed by atoms with E-state index < -0.39 is 35.6 Å². The number of esters is 2. The van der Waals surface area contributed by atoms with Crippen LogP contribution in [-0.4, -0.2) is 65.3 Å². The molecule has 1 aromatic carbocycles. The fraction of sp³-hybridized carbons (Fsp3) is 0.391. The van der Waals surface area contributed by atoms with Crippen LogP contribution in [0.5, 0.6) is 0 Å². The molecule has 1 aromatic rings. The van der Waals surface area contributed by atoms with E-state index in [2.05, 4.69) is 11.9 Å². The largest absolute Gasteiger partial charge is 0.457 e. The minimum atomic E-state index is -0.955. The van der Waals surface area contributed by atoms with Crippen molar-refractivity contribution in [1.82, 2.24) is 15.3 Å². The summed E-state index contributed by atoms with van der Waals surface area (Å²) in [5.41, 5.74) is -0.187. The van der Waals surface area contributed by atoms with Gasteiger partial charge in [-0.15, -0.1) is 0 Å². The summed E-state index contributed by atoms with van der Waals surface area (Å²) >= 11 is 0. The summed E-state index contributed by atoms with van der Waals surface area (Å²) in [6.07, 6.45) is 0.613. The van der Waals surface area contributed by atoms with Crippen molar-refractivity contribution >= 4 is 23.9 Å². The van der Waals surface area contributed by atoms with Crippen LogP contribution >= 0.6 is 0 Å². The van der Waals surface area contributed by atoms with E-state index in [4.69, 9.17) is 14.2 Å². The molecule has 1 N–H and O–H groups in total. The van der Waals surface area contributed by atoms with Crippen LogP contribution in [0.2, 0.25) is 0 Å². The van der Waals surface area contributed by atoms with Crippen molar-refractivity contribution in [3.05, 3.63) is 59.8 Å². The number of nitrogens with zero attached hydrogens (tertiary/aromatic N) is 2. The van der Waals surface area contributed by atoms with Crippen molar-refractivity contribution < 1.29 is 33.4 Å². The first kappa shape index (κ1) is 24.0. The zero-order valence-corrected chi connectivity index (χ0v) is 18.8. The fourth-order valence-electron chi connectivity index (χ4n) is 3.37. The van der Waals surface area contributed by atoms with Crippen molar-refractivity contribution in [1.29, 1.82) is 0 Å².